The van der Waals surface area contributed by atoms with Gasteiger partial charge in [-0.25, -0.2) is 0 Å². The van der Waals surface area contributed by atoms with Crippen molar-refractivity contribution < 1.29 is 23.0 Å². The van der Waals surface area contributed by atoms with E-state index in [4.69, 9.17) is 16.3 Å². The predicted octanol–water partition coefficient (Wildman–Crippen LogP) is 4.23. The Labute approximate surface area is 149 Å². The minimum absolute atomic E-state index is 0.00497. The van der Waals surface area contributed by atoms with Gasteiger partial charge in [-0.1, -0.05) is 41.9 Å². The third kappa shape index (κ3) is 5.92. The summed E-state index contributed by atoms with van der Waals surface area (Å²) in [6.07, 6.45) is -5.26. The fourth-order valence-corrected chi connectivity index (χ4v) is 2.64. The lowest BCUT2D eigenvalue weighted by atomic mass is 10.1. The van der Waals surface area contributed by atoms with E-state index in [2.05, 4.69) is 0 Å². The predicted molar refractivity (Wildman–Crippen MR) is 90.7 cm³/mol. The molecule has 0 saturated carbocycles. The van der Waals surface area contributed by atoms with Crippen LogP contribution in [-0.2, 0) is 12.7 Å². The van der Waals surface area contributed by atoms with Crippen LogP contribution in [0.15, 0.2) is 48.5 Å². The van der Waals surface area contributed by atoms with Crippen molar-refractivity contribution in [3.63, 3.8) is 0 Å². The molecule has 7 heteroatoms. The van der Waals surface area contributed by atoms with Gasteiger partial charge in [0.1, 0.15) is 18.5 Å². The Balaban J connectivity index is 1.90. The van der Waals surface area contributed by atoms with E-state index in [-0.39, 0.29) is 25.3 Å². The number of hydrogen-bond donors (Lipinski definition) is 1. The molecular weight excluding hydrogens is 355 g/mol. The van der Waals surface area contributed by atoms with Crippen molar-refractivity contribution in [2.75, 3.05) is 20.2 Å². The fourth-order valence-electron chi connectivity index (χ4n) is 2.45. The summed E-state index contributed by atoms with van der Waals surface area (Å²) in [7, 11) is 1.64. The number of nitrogens with zero attached hydrogens (tertiary/aromatic N) is 1. The van der Waals surface area contributed by atoms with Crippen LogP contribution < -0.4 is 4.74 Å². The molecule has 25 heavy (non-hydrogen) atoms. The summed E-state index contributed by atoms with van der Waals surface area (Å²) in [5.41, 5.74) is -0.500. The molecule has 0 amide bonds. The summed E-state index contributed by atoms with van der Waals surface area (Å²) in [6, 6.07) is 12.3. The molecule has 0 bridgehead atoms. The average Bonchev–Trinajstić information content (AvgIpc) is 2.53. The summed E-state index contributed by atoms with van der Waals surface area (Å²) in [6.45, 7) is 0.227. The molecule has 3 nitrogen and oxygen atoms in total. The highest BCUT2D eigenvalue weighted by Crippen LogP contribution is 2.32. The molecule has 1 N–H and O–H groups in total. The molecule has 1 unspecified atom stereocenters. The maximum Gasteiger partial charge on any atom is 0.416 e. The number of likely N-dealkylation sites (N-methyl/N-ethyl adjacent to an activating group) is 1. The van der Waals surface area contributed by atoms with Crippen molar-refractivity contribution in [1.29, 1.82) is 0 Å². The summed E-state index contributed by atoms with van der Waals surface area (Å²) in [5.74, 6) is 0.452. The highest BCUT2D eigenvalue weighted by atomic mass is 35.5. The first-order valence-corrected chi connectivity index (χ1v) is 8.04. The van der Waals surface area contributed by atoms with Gasteiger partial charge in [0.25, 0.3) is 0 Å². The Kier molecular flexibility index (Phi) is 6.70. The second kappa shape index (κ2) is 8.56. The zero-order valence-corrected chi connectivity index (χ0v) is 14.4. The lowest BCUT2D eigenvalue weighted by molar-refractivity contribution is -0.138. The maximum atomic E-state index is 13.0. The summed E-state index contributed by atoms with van der Waals surface area (Å²) in [5, 5.41) is 10.5. The van der Waals surface area contributed by atoms with E-state index >= 15 is 0 Å². The second-order valence-electron chi connectivity index (χ2n) is 5.75. The lowest BCUT2D eigenvalue weighted by Crippen LogP contribution is -2.33. The van der Waals surface area contributed by atoms with Crippen LogP contribution in [0.5, 0.6) is 5.75 Å². The number of benzene rings is 2. The molecule has 136 valence electrons. The van der Waals surface area contributed by atoms with Gasteiger partial charge in [-0.15, -0.1) is 0 Å². The number of aliphatic hydroxyl groups excluding tert-OH is 1. The van der Waals surface area contributed by atoms with Crippen molar-refractivity contribution in [1.82, 2.24) is 4.90 Å². The smallest absolute Gasteiger partial charge is 0.416 e. The van der Waals surface area contributed by atoms with E-state index < -0.39 is 17.8 Å². The number of rotatable bonds is 7. The second-order valence-corrected chi connectivity index (χ2v) is 6.15. The van der Waals surface area contributed by atoms with Gasteiger partial charge in [0, 0.05) is 13.1 Å². The Morgan fingerprint density at radius 3 is 2.44 bits per heavy atom. The van der Waals surface area contributed by atoms with E-state index in [1.54, 1.807) is 42.3 Å². The van der Waals surface area contributed by atoms with E-state index in [0.29, 0.717) is 10.8 Å². The Bertz CT molecular complexity index is 694. The van der Waals surface area contributed by atoms with Gasteiger partial charge in [-0.2, -0.15) is 13.2 Å². The lowest BCUT2D eigenvalue weighted by Gasteiger charge is -2.22. The minimum Gasteiger partial charge on any atom is -0.489 e. The summed E-state index contributed by atoms with van der Waals surface area (Å²) < 4.78 is 44.5. The first-order chi connectivity index (χ1) is 11.8. The molecular formula is C18H19ClF3NO2. The molecule has 2 aromatic rings. The van der Waals surface area contributed by atoms with Crippen molar-refractivity contribution in [3.05, 3.63) is 64.7 Å². The Morgan fingerprint density at radius 2 is 1.76 bits per heavy atom. The number of para-hydroxylation sites is 1. The quantitative estimate of drug-likeness (QED) is 0.788. The number of alkyl halides is 3. The van der Waals surface area contributed by atoms with Gasteiger partial charge in [0.15, 0.2) is 0 Å². The van der Waals surface area contributed by atoms with E-state index in [9.17, 15) is 18.3 Å². The molecule has 0 aliphatic heterocycles. The van der Waals surface area contributed by atoms with Crippen LogP contribution in [-0.4, -0.2) is 36.3 Å². The fraction of sp³-hybridized carbons (Fsp3) is 0.333. The molecule has 0 aromatic heterocycles. The topological polar surface area (TPSA) is 32.7 Å². The number of hydrogen-bond acceptors (Lipinski definition) is 3. The monoisotopic (exact) mass is 373 g/mol. The van der Waals surface area contributed by atoms with Crippen LogP contribution in [0.3, 0.4) is 0 Å². The zero-order valence-electron chi connectivity index (χ0n) is 13.6. The first-order valence-electron chi connectivity index (χ1n) is 7.66. The molecule has 1 atom stereocenters. The van der Waals surface area contributed by atoms with Gasteiger partial charge >= 0.3 is 6.18 Å². The maximum absolute atomic E-state index is 13.0. The number of ether oxygens (including phenoxy) is 1. The normalized spacial score (nSPS) is 13.1. The highest BCUT2D eigenvalue weighted by Gasteiger charge is 2.33. The van der Waals surface area contributed by atoms with Crippen LogP contribution in [0.1, 0.15) is 11.1 Å². The van der Waals surface area contributed by atoms with Gasteiger partial charge in [-0.3, -0.25) is 4.90 Å². The van der Waals surface area contributed by atoms with E-state index in [1.807, 2.05) is 0 Å². The first kappa shape index (κ1) is 19.6. The summed E-state index contributed by atoms with van der Waals surface area (Å²) >= 11 is 5.96. The van der Waals surface area contributed by atoms with Crippen molar-refractivity contribution in [3.8, 4) is 5.75 Å². The average molecular weight is 374 g/mol. The summed E-state index contributed by atoms with van der Waals surface area (Å²) in [4.78, 5) is 1.62. The van der Waals surface area contributed by atoms with E-state index in [1.165, 1.54) is 12.1 Å². The third-order valence-electron chi connectivity index (χ3n) is 3.55. The molecule has 0 fully saturated rings. The van der Waals surface area contributed by atoms with Crippen LogP contribution in [0.25, 0.3) is 0 Å². The molecule has 2 aromatic carbocycles. The van der Waals surface area contributed by atoms with Crippen LogP contribution in [0.4, 0.5) is 13.2 Å². The zero-order chi connectivity index (χ0) is 18.4. The minimum atomic E-state index is -4.40. The Hall–Kier alpha value is -1.76. The van der Waals surface area contributed by atoms with Gasteiger partial charge < -0.3 is 9.84 Å². The number of halogens is 4. The molecule has 2 rings (SSSR count). The van der Waals surface area contributed by atoms with Crippen LogP contribution >= 0.6 is 11.6 Å². The Morgan fingerprint density at radius 1 is 1.12 bits per heavy atom. The molecule has 0 heterocycles. The third-order valence-corrected chi connectivity index (χ3v) is 3.87. The highest BCUT2D eigenvalue weighted by molar-refractivity contribution is 6.32. The van der Waals surface area contributed by atoms with Gasteiger partial charge in [0.05, 0.1) is 10.6 Å². The van der Waals surface area contributed by atoms with Crippen LogP contribution in [0.2, 0.25) is 5.02 Å². The molecule has 0 aliphatic rings. The van der Waals surface area contributed by atoms with Gasteiger partial charge in [-0.05, 0) is 30.8 Å². The number of aliphatic hydroxyl groups is 1. The molecule has 0 saturated heterocycles. The molecule has 0 radical (unpaired) electrons. The van der Waals surface area contributed by atoms with Crippen LogP contribution in [0, 0.1) is 0 Å². The van der Waals surface area contributed by atoms with E-state index in [0.717, 1.165) is 6.07 Å². The van der Waals surface area contributed by atoms with Crippen molar-refractivity contribution in [2.24, 2.45) is 0 Å². The van der Waals surface area contributed by atoms with Gasteiger partial charge in [0.2, 0.25) is 0 Å². The standard InChI is InChI=1S/C18H19ClF3NO2/c1-23(10-13-6-2-3-7-15(13)18(20,21)22)11-14(24)12-25-17-9-5-4-8-16(17)19/h2-9,14,24H,10-12H2,1H3. The molecule has 0 aliphatic carbocycles. The SMILES string of the molecule is CN(Cc1ccccc1C(F)(F)F)CC(O)COc1ccccc1Cl. The molecule has 0 spiro atoms. The largest absolute Gasteiger partial charge is 0.489 e. The van der Waals surface area contributed by atoms with Crippen molar-refractivity contribution >= 4 is 11.6 Å². The van der Waals surface area contributed by atoms with Crippen molar-refractivity contribution in [2.45, 2.75) is 18.8 Å².